The predicted octanol–water partition coefficient (Wildman–Crippen LogP) is 2.44. The molecule has 0 aromatic heterocycles. The molecule has 0 spiro atoms. The van der Waals surface area contributed by atoms with Crippen molar-refractivity contribution in [2.75, 3.05) is 13.3 Å². The van der Waals surface area contributed by atoms with Crippen molar-refractivity contribution in [2.45, 2.75) is 19.3 Å². The third-order valence-corrected chi connectivity index (χ3v) is 3.53. The minimum absolute atomic E-state index is 0.162. The first-order chi connectivity index (χ1) is 8.19. The Labute approximate surface area is 108 Å². The van der Waals surface area contributed by atoms with Gasteiger partial charge in [0.15, 0.2) is 17.8 Å². The molecule has 0 saturated carbocycles. The molecule has 92 valence electrons. The van der Waals surface area contributed by atoms with E-state index in [1.165, 1.54) is 0 Å². The number of hydrogen-bond donors (Lipinski definition) is 1. The van der Waals surface area contributed by atoms with Gasteiger partial charge in [0.2, 0.25) is 6.79 Å². The van der Waals surface area contributed by atoms with Crippen molar-refractivity contribution in [3.05, 3.63) is 21.7 Å². The lowest BCUT2D eigenvalue weighted by molar-refractivity contribution is 0.111. The molecule has 0 saturated heterocycles. The minimum Gasteiger partial charge on any atom is -0.453 e. The summed E-state index contributed by atoms with van der Waals surface area (Å²) in [7, 11) is 0. The summed E-state index contributed by atoms with van der Waals surface area (Å²) in [6.07, 6.45) is 1.63. The van der Waals surface area contributed by atoms with Crippen LogP contribution in [0.5, 0.6) is 11.5 Å². The van der Waals surface area contributed by atoms with Crippen LogP contribution in [0, 0.1) is 0 Å². The molecule has 1 aliphatic heterocycles. The van der Waals surface area contributed by atoms with E-state index in [0.717, 1.165) is 22.7 Å². The van der Waals surface area contributed by atoms with Crippen molar-refractivity contribution in [1.82, 2.24) is 0 Å². The van der Waals surface area contributed by atoms with Crippen molar-refractivity contribution in [3.8, 4) is 11.5 Å². The SMILES string of the molecule is CC(CCN)c1c(Br)cc(C=O)c2c1OCO2. The summed E-state index contributed by atoms with van der Waals surface area (Å²) in [5.41, 5.74) is 7.10. The fourth-order valence-corrected chi connectivity index (χ4v) is 2.84. The highest BCUT2D eigenvalue weighted by molar-refractivity contribution is 9.10. The summed E-state index contributed by atoms with van der Waals surface area (Å²) in [5.74, 6) is 1.47. The van der Waals surface area contributed by atoms with Gasteiger partial charge in [-0.1, -0.05) is 22.9 Å². The van der Waals surface area contributed by atoms with Crippen LogP contribution < -0.4 is 15.2 Å². The highest BCUT2D eigenvalue weighted by atomic mass is 79.9. The number of carbonyl (C=O) groups is 1. The summed E-state index contributed by atoms with van der Waals surface area (Å²) in [4.78, 5) is 10.9. The van der Waals surface area contributed by atoms with E-state index in [1.807, 2.05) is 0 Å². The zero-order chi connectivity index (χ0) is 12.4. The number of ether oxygens (including phenoxy) is 2. The number of fused-ring (bicyclic) bond motifs is 1. The summed E-state index contributed by atoms with van der Waals surface area (Å²) in [6, 6.07) is 1.77. The Balaban J connectivity index is 2.53. The number of aldehydes is 1. The maximum atomic E-state index is 10.9. The first-order valence-corrected chi connectivity index (χ1v) is 6.25. The summed E-state index contributed by atoms with van der Waals surface area (Å²) >= 11 is 3.48. The lowest BCUT2D eigenvalue weighted by Gasteiger charge is -2.16. The highest BCUT2D eigenvalue weighted by Gasteiger charge is 2.26. The molecule has 0 amide bonds. The van der Waals surface area contributed by atoms with Crippen LogP contribution in [-0.2, 0) is 0 Å². The van der Waals surface area contributed by atoms with E-state index in [1.54, 1.807) is 6.07 Å². The Morgan fingerprint density at radius 3 is 2.88 bits per heavy atom. The number of halogens is 1. The van der Waals surface area contributed by atoms with Crippen molar-refractivity contribution >= 4 is 22.2 Å². The van der Waals surface area contributed by atoms with Gasteiger partial charge in [0.1, 0.15) is 0 Å². The molecular formula is C12H14BrNO3. The molecule has 2 N–H and O–H groups in total. The molecule has 1 atom stereocenters. The second-order valence-electron chi connectivity index (χ2n) is 4.02. The second kappa shape index (κ2) is 5.06. The number of benzene rings is 1. The highest BCUT2D eigenvalue weighted by Crippen LogP contribution is 2.46. The van der Waals surface area contributed by atoms with Gasteiger partial charge in [0.25, 0.3) is 0 Å². The summed E-state index contributed by atoms with van der Waals surface area (Å²) in [5, 5.41) is 0. The maximum absolute atomic E-state index is 10.9. The number of rotatable bonds is 4. The molecule has 1 unspecified atom stereocenters. The fraction of sp³-hybridized carbons (Fsp3) is 0.417. The quantitative estimate of drug-likeness (QED) is 0.868. The van der Waals surface area contributed by atoms with Crippen LogP contribution in [0.25, 0.3) is 0 Å². The van der Waals surface area contributed by atoms with E-state index in [-0.39, 0.29) is 12.7 Å². The molecule has 1 aliphatic rings. The van der Waals surface area contributed by atoms with Gasteiger partial charge in [-0.3, -0.25) is 4.79 Å². The van der Waals surface area contributed by atoms with E-state index in [2.05, 4.69) is 22.9 Å². The Hall–Kier alpha value is -1.07. The monoisotopic (exact) mass is 299 g/mol. The molecular weight excluding hydrogens is 286 g/mol. The zero-order valence-corrected chi connectivity index (χ0v) is 11.1. The van der Waals surface area contributed by atoms with Crippen molar-refractivity contribution in [3.63, 3.8) is 0 Å². The molecule has 17 heavy (non-hydrogen) atoms. The van der Waals surface area contributed by atoms with Crippen LogP contribution in [0.1, 0.15) is 35.2 Å². The predicted molar refractivity (Wildman–Crippen MR) is 67.7 cm³/mol. The van der Waals surface area contributed by atoms with Gasteiger partial charge in [-0.25, -0.2) is 0 Å². The Morgan fingerprint density at radius 2 is 2.24 bits per heavy atom. The van der Waals surface area contributed by atoms with Crippen LogP contribution in [0.3, 0.4) is 0 Å². The number of nitrogens with two attached hydrogens (primary N) is 1. The van der Waals surface area contributed by atoms with Gasteiger partial charge >= 0.3 is 0 Å². The van der Waals surface area contributed by atoms with Crippen LogP contribution in [0.2, 0.25) is 0 Å². The largest absolute Gasteiger partial charge is 0.453 e. The van der Waals surface area contributed by atoms with Crippen LogP contribution in [0.4, 0.5) is 0 Å². The Kier molecular flexibility index (Phi) is 3.69. The van der Waals surface area contributed by atoms with Crippen molar-refractivity contribution in [1.29, 1.82) is 0 Å². The van der Waals surface area contributed by atoms with Crippen LogP contribution >= 0.6 is 15.9 Å². The summed E-state index contributed by atoms with van der Waals surface area (Å²) in [6.45, 7) is 2.85. The van der Waals surface area contributed by atoms with Gasteiger partial charge in [-0.2, -0.15) is 0 Å². The molecule has 0 fully saturated rings. The first kappa shape index (κ1) is 12.4. The minimum atomic E-state index is 0.162. The topological polar surface area (TPSA) is 61.6 Å². The average molecular weight is 300 g/mol. The summed E-state index contributed by atoms with van der Waals surface area (Å²) < 4.78 is 11.7. The van der Waals surface area contributed by atoms with Gasteiger partial charge in [-0.05, 0) is 24.9 Å². The molecule has 4 nitrogen and oxygen atoms in total. The normalized spacial score (nSPS) is 14.8. The van der Waals surface area contributed by atoms with Gasteiger partial charge in [0, 0.05) is 10.0 Å². The second-order valence-corrected chi connectivity index (χ2v) is 4.88. The smallest absolute Gasteiger partial charge is 0.231 e. The molecule has 1 aromatic carbocycles. The van der Waals surface area contributed by atoms with Gasteiger partial charge in [0.05, 0.1) is 5.56 Å². The molecule has 2 rings (SSSR count). The van der Waals surface area contributed by atoms with Crippen LogP contribution in [0.15, 0.2) is 10.5 Å². The van der Waals surface area contributed by atoms with Crippen LogP contribution in [-0.4, -0.2) is 19.6 Å². The number of carbonyl (C=O) groups excluding carboxylic acids is 1. The number of hydrogen-bond acceptors (Lipinski definition) is 4. The molecule has 0 aliphatic carbocycles. The van der Waals surface area contributed by atoms with E-state index >= 15 is 0 Å². The van der Waals surface area contributed by atoms with Crippen molar-refractivity contribution < 1.29 is 14.3 Å². The Bertz CT molecular complexity index is 448. The molecule has 5 heteroatoms. The molecule has 1 heterocycles. The van der Waals surface area contributed by atoms with E-state index in [0.29, 0.717) is 23.6 Å². The maximum Gasteiger partial charge on any atom is 0.231 e. The fourth-order valence-electron chi connectivity index (χ4n) is 2.02. The third kappa shape index (κ3) is 2.17. The zero-order valence-electron chi connectivity index (χ0n) is 9.53. The van der Waals surface area contributed by atoms with Gasteiger partial charge in [-0.15, -0.1) is 0 Å². The van der Waals surface area contributed by atoms with Gasteiger partial charge < -0.3 is 15.2 Å². The Morgan fingerprint density at radius 1 is 1.53 bits per heavy atom. The van der Waals surface area contributed by atoms with E-state index in [4.69, 9.17) is 15.2 Å². The lowest BCUT2D eigenvalue weighted by Crippen LogP contribution is -2.06. The lowest BCUT2D eigenvalue weighted by atomic mass is 9.95. The third-order valence-electron chi connectivity index (χ3n) is 2.88. The van der Waals surface area contributed by atoms with E-state index < -0.39 is 0 Å². The average Bonchev–Trinajstić information content (AvgIpc) is 2.76. The standard InChI is InChI=1S/C12H14BrNO3/c1-7(2-3-14)10-9(13)4-8(5-15)11-12(10)17-6-16-11/h4-5,7H,2-3,6,14H2,1H3. The first-order valence-electron chi connectivity index (χ1n) is 5.46. The van der Waals surface area contributed by atoms with Crippen molar-refractivity contribution in [2.24, 2.45) is 5.73 Å². The molecule has 0 bridgehead atoms. The molecule has 1 aromatic rings. The van der Waals surface area contributed by atoms with E-state index in [9.17, 15) is 4.79 Å². The molecule has 0 radical (unpaired) electrons.